The lowest BCUT2D eigenvalue weighted by Gasteiger charge is -2.40. The van der Waals surface area contributed by atoms with Crippen LogP contribution >= 0.6 is 0 Å². The third kappa shape index (κ3) is 6.62. The van der Waals surface area contributed by atoms with Gasteiger partial charge in [0.15, 0.2) is 0 Å². The number of carbonyl (C=O) groups is 1. The van der Waals surface area contributed by atoms with Crippen LogP contribution < -0.4 is 15.5 Å². The fourth-order valence-corrected chi connectivity index (χ4v) is 5.37. The minimum absolute atomic E-state index is 0.226. The molecule has 1 atom stereocenters. The van der Waals surface area contributed by atoms with Crippen molar-refractivity contribution in [3.63, 3.8) is 0 Å². The molecule has 9 nitrogen and oxygen atoms in total. The number of hydrogen-bond donors (Lipinski definition) is 5. The summed E-state index contributed by atoms with van der Waals surface area (Å²) in [5, 5.41) is 34.3. The van der Waals surface area contributed by atoms with E-state index < -0.39 is 29.1 Å². The molecule has 1 aliphatic rings. The van der Waals surface area contributed by atoms with Gasteiger partial charge in [-0.15, -0.1) is 0 Å². The summed E-state index contributed by atoms with van der Waals surface area (Å²) in [4.78, 5) is 19.3. The topological polar surface area (TPSA) is 127 Å². The first-order valence-corrected chi connectivity index (χ1v) is 12.9. The molecule has 1 amide bonds. The van der Waals surface area contributed by atoms with Crippen LogP contribution in [0.25, 0.3) is 10.9 Å². The lowest BCUT2D eigenvalue weighted by atomic mass is 9.73. The Morgan fingerprint density at radius 1 is 1.18 bits per heavy atom. The smallest absolute Gasteiger partial charge is 0.249 e. The molecule has 1 unspecified atom stereocenters. The molecule has 0 radical (unpaired) electrons. The zero-order chi connectivity index (χ0) is 28.0. The Balaban J connectivity index is 1.41. The van der Waals surface area contributed by atoms with Crippen LogP contribution in [-0.4, -0.2) is 64.5 Å². The van der Waals surface area contributed by atoms with Gasteiger partial charge in [0.05, 0.1) is 30.8 Å². The van der Waals surface area contributed by atoms with Crippen molar-refractivity contribution >= 4 is 22.5 Å². The number of aliphatic hydroxyl groups excluding tert-OH is 2. The summed E-state index contributed by atoms with van der Waals surface area (Å²) < 4.78 is 32.1. The summed E-state index contributed by atoms with van der Waals surface area (Å²) >= 11 is 0. The molecule has 2 heterocycles. The summed E-state index contributed by atoms with van der Waals surface area (Å²) in [5.41, 5.74) is 2.96. The largest absolute Gasteiger partial charge is 0.497 e. The Morgan fingerprint density at radius 2 is 1.90 bits per heavy atom. The quantitative estimate of drug-likeness (QED) is 0.183. The number of amides is 1. The Kier molecular flexibility index (Phi) is 9.28. The maximum Gasteiger partial charge on any atom is 0.249 e. The molecular formula is C28H34F2N4O5. The molecule has 39 heavy (non-hydrogen) atoms. The van der Waals surface area contributed by atoms with Gasteiger partial charge < -0.3 is 25.2 Å². The molecule has 5 N–H and O–H groups in total. The van der Waals surface area contributed by atoms with Gasteiger partial charge >= 0.3 is 0 Å². The number of nitrogens with one attached hydrogen (secondary N) is 2. The Labute approximate surface area is 225 Å². The lowest BCUT2D eigenvalue weighted by Crippen LogP contribution is -2.49. The number of aliphatic hydroxyl groups is 2. The molecule has 1 saturated heterocycles. The first kappa shape index (κ1) is 28.6. The van der Waals surface area contributed by atoms with E-state index in [1.54, 1.807) is 25.3 Å². The summed E-state index contributed by atoms with van der Waals surface area (Å²) in [6.45, 7) is 1.89. The molecule has 0 bridgehead atoms. The van der Waals surface area contributed by atoms with Crippen LogP contribution in [0.15, 0.2) is 42.6 Å². The molecule has 2 aromatic carbocycles. The molecule has 4 rings (SSSR count). The standard InChI is InChI=1S/C28H34F2N4O5/c1-39-22-2-3-24-23(15-22)26(18(17-35)16-32-24)25(36)4-5-28(27(37)33-38)6-9-34(10-7-28)11-8-31-21-13-19(29)12-20(30)14-21/h2-3,12-16,25,31,35-36,38H,4-11,17H2,1H3,(H,33,37). The molecular weight excluding hydrogens is 510 g/mol. The Bertz CT molecular complexity index is 1270. The Hall–Kier alpha value is -3.38. The molecule has 0 aliphatic carbocycles. The number of ether oxygens (including phenoxy) is 1. The van der Waals surface area contributed by atoms with Crippen molar-refractivity contribution in [3.8, 4) is 5.75 Å². The monoisotopic (exact) mass is 544 g/mol. The number of carbonyl (C=O) groups excluding carboxylic acids is 1. The van der Waals surface area contributed by atoms with Gasteiger partial charge in [0.25, 0.3) is 0 Å². The number of benzene rings is 2. The van der Waals surface area contributed by atoms with Crippen LogP contribution in [0.2, 0.25) is 0 Å². The predicted octanol–water partition coefficient (Wildman–Crippen LogP) is 3.53. The van der Waals surface area contributed by atoms with E-state index >= 15 is 0 Å². The van der Waals surface area contributed by atoms with Crippen LogP contribution in [0, 0.1) is 17.0 Å². The molecule has 1 fully saturated rings. The number of anilines is 1. The average Bonchev–Trinajstić information content (AvgIpc) is 2.94. The normalized spacial score (nSPS) is 16.2. The number of hydrogen-bond acceptors (Lipinski definition) is 8. The second-order valence-electron chi connectivity index (χ2n) is 9.94. The summed E-state index contributed by atoms with van der Waals surface area (Å²) in [7, 11) is 1.54. The van der Waals surface area contributed by atoms with Gasteiger partial charge in [-0.25, -0.2) is 14.3 Å². The van der Waals surface area contributed by atoms with Gasteiger partial charge in [-0.1, -0.05) is 0 Å². The second kappa shape index (κ2) is 12.6. The van der Waals surface area contributed by atoms with Crippen molar-refractivity contribution in [1.29, 1.82) is 0 Å². The third-order valence-electron chi connectivity index (χ3n) is 7.62. The molecule has 0 saturated carbocycles. The fraction of sp³-hybridized carbons (Fsp3) is 0.429. The number of nitrogens with zero attached hydrogens (tertiary/aromatic N) is 2. The lowest BCUT2D eigenvalue weighted by molar-refractivity contribution is -0.143. The van der Waals surface area contributed by atoms with E-state index in [-0.39, 0.29) is 13.0 Å². The average molecular weight is 545 g/mol. The molecule has 11 heteroatoms. The van der Waals surface area contributed by atoms with Gasteiger partial charge in [0, 0.05) is 42.0 Å². The van der Waals surface area contributed by atoms with Gasteiger partial charge in [-0.3, -0.25) is 15.0 Å². The third-order valence-corrected chi connectivity index (χ3v) is 7.62. The van der Waals surface area contributed by atoms with Crippen molar-refractivity contribution in [1.82, 2.24) is 15.4 Å². The highest BCUT2D eigenvalue weighted by Gasteiger charge is 2.41. The van der Waals surface area contributed by atoms with Crippen LogP contribution in [0.1, 0.15) is 42.9 Å². The van der Waals surface area contributed by atoms with E-state index in [4.69, 9.17) is 4.74 Å². The maximum atomic E-state index is 13.4. The number of aromatic nitrogens is 1. The number of pyridine rings is 1. The van der Waals surface area contributed by atoms with Crippen molar-refractivity contribution < 1.29 is 33.7 Å². The van der Waals surface area contributed by atoms with E-state index in [0.717, 1.165) is 6.07 Å². The first-order valence-electron chi connectivity index (χ1n) is 12.9. The fourth-order valence-electron chi connectivity index (χ4n) is 5.37. The van der Waals surface area contributed by atoms with E-state index in [1.165, 1.54) is 18.3 Å². The van der Waals surface area contributed by atoms with Crippen molar-refractivity contribution in [2.75, 3.05) is 38.6 Å². The summed E-state index contributed by atoms with van der Waals surface area (Å²) in [5.74, 6) is -1.20. The van der Waals surface area contributed by atoms with Gasteiger partial charge in [-0.05, 0) is 74.7 Å². The molecule has 3 aromatic rings. The van der Waals surface area contributed by atoms with Gasteiger partial charge in [-0.2, -0.15) is 0 Å². The Morgan fingerprint density at radius 3 is 2.54 bits per heavy atom. The maximum absolute atomic E-state index is 13.4. The zero-order valence-corrected chi connectivity index (χ0v) is 21.8. The molecule has 1 aliphatic heterocycles. The molecule has 210 valence electrons. The number of likely N-dealkylation sites (tertiary alicyclic amines) is 1. The highest BCUT2D eigenvalue weighted by molar-refractivity contribution is 5.85. The van der Waals surface area contributed by atoms with Crippen LogP contribution in [0.3, 0.4) is 0 Å². The van der Waals surface area contributed by atoms with E-state index in [9.17, 15) is 29.0 Å². The minimum atomic E-state index is -0.984. The van der Waals surface area contributed by atoms with Crippen molar-refractivity contribution in [2.45, 2.75) is 38.4 Å². The van der Waals surface area contributed by atoms with Crippen molar-refractivity contribution in [3.05, 3.63) is 65.4 Å². The zero-order valence-electron chi connectivity index (χ0n) is 21.8. The van der Waals surface area contributed by atoms with Crippen molar-refractivity contribution in [2.24, 2.45) is 5.41 Å². The minimum Gasteiger partial charge on any atom is -0.497 e. The summed E-state index contributed by atoms with van der Waals surface area (Å²) in [6, 6.07) is 8.58. The number of piperidine rings is 1. The number of methoxy groups -OCH3 is 1. The number of fused-ring (bicyclic) bond motifs is 1. The predicted molar refractivity (Wildman–Crippen MR) is 141 cm³/mol. The number of rotatable bonds is 11. The van der Waals surface area contributed by atoms with Crippen LogP contribution in [-0.2, 0) is 11.4 Å². The highest BCUT2D eigenvalue weighted by atomic mass is 19.1. The SMILES string of the molecule is COc1ccc2ncc(CO)c(C(O)CCC3(C(=O)NO)CCN(CCNc4cc(F)cc(F)c4)CC3)c2c1. The van der Waals surface area contributed by atoms with Crippen LogP contribution in [0.5, 0.6) is 5.75 Å². The van der Waals surface area contributed by atoms with E-state index in [0.29, 0.717) is 78.9 Å². The van der Waals surface area contributed by atoms with Gasteiger partial charge in [0.1, 0.15) is 17.4 Å². The van der Waals surface area contributed by atoms with Gasteiger partial charge in [0.2, 0.25) is 5.91 Å². The second-order valence-corrected chi connectivity index (χ2v) is 9.94. The molecule has 1 aromatic heterocycles. The van der Waals surface area contributed by atoms with Crippen LogP contribution in [0.4, 0.5) is 14.5 Å². The molecule has 0 spiro atoms. The number of hydroxylamine groups is 1. The van der Waals surface area contributed by atoms with E-state index in [1.807, 2.05) is 5.48 Å². The first-order chi connectivity index (χ1) is 18.8. The van der Waals surface area contributed by atoms with E-state index in [2.05, 4.69) is 15.2 Å². The number of halogens is 2. The highest BCUT2D eigenvalue weighted by Crippen LogP contribution is 2.40. The summed E-state index contributed by atoms with van der Waals surface area (Å²) in [6.07, 6.45) is 2.00.